The molecule has 0 aromatic carbocycles. The zero-order chi connectivity index (χ0) is 23.5. The van der Waals surface area contributed by atoms with Gasteiger partial charge in [0.15, 0.2) is 10.8 Å². The summed E-state index contributed by atoms with van der Waals surface area (Å²) in [4.78, 5) is 62.7. The summed E-state index contributed by atoms with van der Waals surface area (Å²) in [5, 5.41) is 0. The van der Waals surface area contributed by atoms with E-state index in [0.29, 0.717) is 0 Å². The molecule has 0 aromatic heterocycles. The lowest BCUT2D eigenvalue weighted by atomic mass is 9.72. The molecule has 0 saturated carbocycles. The van der Waals surface area contributed by atoms with Crippen molar-refractivity contribution in [3.8, 4) is 0 Å². The summed E-state index contributed by atoms with van der Waals surface area (Å²) < 4.78 is 20.1. The Morgan fingerprint density at radius 1 is 0.600 bits per heavy atom. The largest absolute Gasteiger partial charge is 0.465 e. The first kappa shape index (κ1) is 27.5. The minimum atomic E-state index is -1.79. The standard InChI is InChI=1S/C21H34O9/c1-8-27-16(23)20(6,17(24)28-9-2)12-15(14(5)22)13-21(7,18(25)29-10-3)19(26)30-11-4/h15H,8-13H2,1-7H3. The molecule has 172 valence electrons. The van der Waals surface area contributed by atoms with E-state index in [1.807, 2.05) is 0 Å². The van der Waals surface area contributed by atoms with E-state index in [0.717, 1.165) is 0 Å². The van der Waals surface area contributed by atoms with Crippen molar-refractivity contribution in [1.29, 1.82) is 0 Å². The molecular formula is C21H34O9. The van der Waals surface area contributed by atoms with Gasteiger partial charge in [-0.25, -0.2) is 0 Å². The van der Waals surface area contributed by atoms with E-state index < -0.39 is 46.4 Å². The number of ether oxygens (including phenoxy) is 4. The summed E-state index contributed by atoms with van der Waals surface area (Å²) in [6.07, 6.45) is -0.594. The quantitative estimate of drug-likeness (QED) is 0.246. The van der Waals surface area contributed by atoms with E-state index in [1.165, 1.54) is 20.8 Å². The van der Waals surface area contributed by atoms with Crippen LogP contribution in [-0.4, -0.2) is 56.1 Å². The second kappa shape index (κ2) is 12.3. The molecule has 9 heteroatoms. The summed E-state index contributed by atoms with van der Waals surface area (Å²) in [5.74, 6) is -4.79. The normalized spacial score (nSPS) is 11.6. The molecule has 0 spiro atoms. The van der Waals surface area contributed by atoms with Gasteiger partial charge in [0, 0.05) is 5.92 Å². The highest BCUT2D eigenvalue weighted by Gasteiger charge is 2.51. The lowest BCUT2D eigenvalue weighted by Crippen LogP contribution is -2.46. The minimum Gasteiger partial charge on any atom is -0.465 e. The molecule has 9 nitrogen and oxygen atoms in total. The van der Waals surface area contributed by atoms with Gasteiger partial charge in [-0.2, -0.15) is 0 Å². The smallest absolute Gasteiger partial charge is 0.323 e. The zero-order valence-electron chi connectivity index (χ0n) is 19.0. The summed E-state index contributed by atoms with van der Waals surface area (Å²) in [6, 6.07) is 0. The van der Waals surface area contributed by atoms with Crippen molar-refractivity contribution in [1.82, 2.24) is 0 Å². The summed E-state index contributed by atoms with van der Waals surface area (Å²) in [5.41, 5.74) is -3.57. The molecule has 0 amide bonds. The number of hydrogen-bond donors (Lipinski definition) is 0. The molecule has 0 fully saturated rings. The predicted octanol–water partition coefficient (Wildman–Crippen LogP) is 2.24. The predicted molar refractivity (Wildman–Crippen MR) is 106 cm³/mol. The second-order valence-corrected chi connectivity index (χ2v) is 7.26. The van der Waals surface area contributed by atoms with Crippen molar-refractivity contribution >= 4 is 29.7 Å². The van der Waals surface area contributed by atoms with Crippen LogP contribution >= 0.6 is 0 Å². The van der Waals surface area contributed by atoms with E-state index in [1.54, 1.807) is 27.7 Å². The molecule has 0 aliphatic rings. The highest BCUT2D eigenvalue weighted by Crippen LogP contribution is 2.38. The summed E-state index contributed by atoms with van der Waals surface area (Å²) in [6.45, 7) is 10.4. The SMILES string of the molecule is CCOC(=O)C(C)(CC(CC(C)(C(=O)OCC)C(=O)OCC)C(C)=O)C(=O)OCC. The Morgan fingerprint density at radius 2 is 0.833 bits per heavy atom. The van der Waals surface area contributed by atoms with Crippen LogP contribution in [0.25, 0.3) is 0 Å². The van der Waals surface area contributed by atoms with Crippen LogP contribution < -0.4 is 0 Å². The van der Waals surface area contributed by atoms with Gasteiger partial charge in [0.25, 0.3) is 0 Å². The Bertz CT molecular complexity index is 554. The number of carbonyl (C=O) groups is 5. The minimum absolute atomic E-state index is 0.0297. The maximum absolute atomic E-state index is 12.6. The third-order valence-corrected chi connectivity index (χ3v) is 4.79. The molecule has 0 rings (SSSR count). The van der Waals surface area contributed by atoms with Crippen LogP contribution in [0.4, 0.5) is 0 Å². The monoisotopic (exact) mass is 430 g/mol. The third kappa shape index (κ3) is 6.81. The molecule has 0 radical (unpaired) electrons. The Hall–Kier alpha value is -2.45. The van der Waals surface area contributed by atoms with Gasteiger partial charge in [-0.15, -0.1) is 0 Å². The van der Waals surface area contributed by atoms with Crippen LogP contribution in [0.3, 0.4) is 0 Å². The molecule has 0 bridgehead atoms. The van der Waals surface area contributed by atoms with E-state index in [9.17, 15) is 24.0 Å². The van der Waals surface area contributed by atoms with Crippen LogP contribution in [-0.2, 0) is 42.9 Å². The fourth-order valence-corrected chi connectivity index (χ4v) is 3.01. The van der Waals surface area contributed by atoms with Crippen LogP contribution in [0, 0.1) is 16.7 Å². The molecule has 0 unspecified atom stereocenters. The number of esters is 4. The Labute approximate surface area is 177 Å². The number of carbonyl (C=O) groups excluding carboxylic acids is 5. The fourth-order valence-electron chi connectivity index (χ4n) is 3.01. The topological polar surface area (TPSA) is 122 Å². The first-order valence-corrected chi connectivity index (χ1v) is 10.1. The number of Topliss-reactive ketones (excluding diaryl/α,β-unsaturated/α-hetero) is 1. The molecular weight excluding hydrogens is 396 g/mol. The molecule has 0 saturated heterocycles. The number of ketones is 1. The first-order chi connectivity index (χ1) is 13.9. The highest BCUT2D eigenvalue weighted by atomic mass is 16.6. The Balaban J connectivity index is 6.09. The van der Waals surface area contributed by atoms with E-state index in [2.05, 4.69) is 0 Å². The zero-order valence-corrected chi connectivity index (χ0v) is 19.0. The van der Waals surface area contributed by atoms with E-state index >= 15 is 0 Å². The van der Waals surface area contributed by atoms with Gasteiger partial charge < -0.3 is 18.9 Å². The molecule has 0 N–H and O–H groups in total. The van der Waals surface area contributed by atoms with Gasteiger partial charge in [-0.05, 0) is 61.3 Å². The number of hydrogen-bond acceptors (Lipinski definition) is 9. The van der Waals surface area contributed by atoms with Gasteiger partial charge in [0.1, 0.15) is 5.78 Å². The van der Waals surface area contributed by atoms with Gasteiger partial charge >= 0.3 is 23.9 Å². The Morgan fingerprint density at radius 3 is 1.00 bits per heavy atom. The lowest BCUT2D eigenvalue weighted by Gasteiger charge is -2.32. The van der Waals surface area contributed by atoms with Crippen molar-refractivity contribution in [2.75, 3.05) is 26.4 Å². The van der Waals surface area contributed by atoms with Gasteiger partial charge in [-0.3, -0.25) is 24.0 Å². The van der Waals surface area contributed by atoms with Gasteiger partial charge in [0.05, 0.1) is 26.4 Å². The van der Waals surface area contributed by atoms with Gasteiger partial charge in [-0.1, -0.05) is 0 Å². The average molecular weight is 430 g/mol. The molecule has 0 atom stereocenters. The van der Waals surface area contributed by atoms with E-state index in [-0.39, 0.29) is 39.3 Å². The molecule has 0 aliphatic heterocycles. The van der Waals surface area contributed by atoms with Crippen LogP contribution in [0.5, 0.6) is 0 Å². The van der Waals surface area contributed by atoms with Crippen molar-refractivity contribution in [3.05, 3.63) is 0 Å². The van der Waals surface area contributed by atoms with Crippen molar-refractivity contribution in [2.24, 2.45) is 16.7 Å². The number of rotatable bonds is 13. The Kier molecular flexibility index (Phi) is 11.3. The van der Waals surface area contributed by atoms with Crippen molar-refractivity contribution in [3.63, 3.8) is 0 Å². The molecule has 30 heavy (non-hydrogen) atoms. The van der Waals surface area contributed by atoms with Crippen LogP contribution in [0.2, 0.25) is 0 Å². The maximum atomic E-state index is 12.6. The maximum Gasteiger partial charge on any atom is 0.323 e. The second-order valence-electron chi connectivity index (χ2n) is 7.26. The third-order valence-electron chi connectivity index (χ3n) is 4.79. The van der Waals surface area contributed by atoms with Gasteiger partial charge in [0.2, 0.25) is 0 Å². The fraction of sp³-hybridized carbons (Fsp3) is 0.762. The lowest BCUT2D eigenvalue weighted by molar-refractivity contribution is -0.173. The van der Waals surface area contributed by atoms with Crippen LogP contribution in [0.15, 0.2) is 0 Å². The summed E-state index contributed by atoms with van der Waals surface area (Å²) in [7, 11) is 0. The first-order valence-electron chi connectivity index (χ1n) is 10.1. The average Bonchev–Trinajstić information content (AvgIpc) is 2.67. The van der Waals surface area contributed by atoms with Crippen LogP contribution in [0.1, 0.15) is 61.3 Å². The molecule has 0 aliphatic carbocycles. The molecule has 0 aromatic rings. The summed E-state index contributed by atoms with van der Waals surface area (Å²) >= 11 is 0. The molecule has 0 heterocycles. The van der Waals surface area contributed by atoms with E-state index in [4.69, 9.17) is 18.9 Å². The van der Waals surface area contributed by atoms with Crippen molar-refractivity contribution in [2.45, 2.75) is 61.3 Å². The van der Waals surface area contributed by atoms with Crippen molar-refractivity contribution < 1.29 is 42.9 Å². The highest BCUT2D eigenvalue weighted by molar-refractivity contribution is 6.01.